The molecule has 0 aromatic heterocycles. The summed E-state index contributed by atoms with van der Waals surface area (Å²) in [5.41, 5.74) is 3.39. The fourth-order valence-electron chi connectivity index (χ4n) is 4.90. The van der Waals surface area contributed by atoms with Crippen molar-refractivity contribution in [1.82, 2.24) is 0 Å². The molecule has 0 spiro atoms. The number of hydrogen-bond donors (Lipinski definition) is 1. The lowest BCUT2D eigenvalue weighted by atomic mass is 9.94. The van der Waals surface area contributed by atoms with Gasteiger partial charge in [-0.3, -0.25) is 14.5 Å². The van der Waals surface area contributed by atoms with Crippen LogP contribution in [0.2, 0.25) is 0 Å². The van der Waals surface area contributed by atoms with E-state index in [0.717, 1.165) is 11.1 Å². The predicted octanol–water partition coefficient (Wildman–Crippen LogP) is 7.51. The Labute approximate surface area is 234 Å². The van der Waals surface area contributed by atoms with E-state index in [-0.39, 0.29) is 17.4 Å². The largest absolute Gasteiger partial charge is 0.507 e. The monoisotopic (exact) mass is 533 g/mol. The van der Waals surface area contributed by atoms with Gasteiger partial charge in [0.1, 0.15) is 23.0 Å². The summed E-state index contributed by atoms with van der Waals surface area (Å²) in [6.07, 6.45) is -0.0109. The molecule has 0 bridgehead atoms. The van der Waals surface area contributed by atoms with Gasteiger partial charge in [0.15, 0.2) is 0 Å². The molecule has 5 rings (SSSR count). The maximum absolute atomic E-state index is 13.6. The maximum Gasteiger partial charge on any atom is 0.300 e. The number of carbonyl (C=O) groups excluding carboxylic acids is 2. The number of aliphatic hydroxyl groups is 1. The molecule has 1 N–H and O–H groups in total. The Morgan fingerprint density at radius 3 is 2.25 bits per heavy atom. The summed E-state index contributed by atoms with van der Waals surface area (Å²) >= 11 is 0. The van der Waals surface area contributed by atoms with Crippen LogP contribution in [-0.4, -0.2) is 22.9 Å². The number of carbonyl (C=O) groups is 2. The van der Waals surface area contributed by atoms with Crippen molar-refractivity contribution in [2.24, 2.45) is 0 Å². The maximum atomic E-state index is 13.6. The highest BCUT2D eigenvalue weighted by Crippen LogP contribution is 2.43. The Kier molecular flexibility index (Phi) is 7.43. The number of ether oxygens (including phenoxy) is 2. The number of ketones is 1. The second kappa shape index (κ2) is 11.1. The van der Waals surface area contributed by atoms with Crippen LogP contribution in [0.1, 0.15) is 42.1 Å². The molecule has 1 amide bonds. The Bertz CT molecular complexity index is 1610. The lowest BCUT2D eigenvalue weighted by Crippen LogP contribution is -2.29. The third kappa shape index (κ3) is 5.34. The van der Waals surface area contributed by atoms with Crippen molar-refractivity contribution in [2.75, 3.05) is 4.90 Å². The topological polar surface area (TPSA) is 76.1 Å². The molecule has 4 aromatic carbocycles. The Hall–Kier alpha value is -4.84. The summed E-state index contributed by atoms with van der Waals surface area (Å²) in [5, 5.41) is 11.6. The molecule has 1 aliphatic heterocycles. The number of amides is 1. The lowest BCUT2D eigenvalue weighted by Gasteiger charge is -2.26. The summed E-state index contributed by atoms with van der Waals surface area (Å²) in [4.78, 5) is 28.6. The number of benzene rings is 4. The van der Waals surface area contributed by atoms with E-state index in [4.69, 9.17) is 9.47 Å². The minimum Gasteiger partial charge on any atom is -0.507 e. The van der Waals surface area contributed by atoms with Gasteiger partial charge in [-0.05, 0) is 99.0 Å². The first kappa shape index (κ1) is 26.8. The Morgan fingerprint density at radius 2 is 1.55 bits per heavy atom. The summed E-state index contributed by atoms with van der Waals surface area (Å²) in [6, 6.07) is 28.4. The van der Waals surface area contributed by atoms with Gasteiger partial charge in [0.05, 0.1) is 17.7 Å². The van der Waals surface area contributed by atoms with Crippen molar-refractivity contribution < 1.29 is 24.2 Å². The number of rotatable bonds is 7. The average Bonchev–Trinajstić information content (AvgIpc) is 3.20. The van der Waals surface area contributed by atoms with E-state index < -0.39 is 17.7 Å². The van der Waals surface area contributed by atoms with Crippen molar-refractivity contribution >= 4 is 23.1 Å². The van der Waals surface area contributed by atoms with Crippen molar-refractivity contribution in [3.63, 3.8) is 0 Å². The van der Waals surface area contributed by atoms with E-state index in [1.807, 2.05) is 94.4 Å². The van der Waals surface area contributed by atoms with Gasteiger partial charge in [-0.2, -0.15) is 0 Å². The van der Waals surface area contributed by atoms with Gasteiger partial charge in [-0.1, -0.05) is 42.5 Å². The highest BCUT2D eigenvalue weighted by molar-refractivity contribution is 6.51. The van der Waals surface area contributed by atoms with E-state index in [2.05, 4.69) is 0 Å². The Balaban J connectivity index is 1.65. The standard InChI is InChI=1S/C34H31NO5/c1-21(2)39-29-17-16-25(19-23(29)4)32(36)30-31(35(34(38)33(30)37)26-12-8-10-22(3)18-26)24-11-9-15-28(20-24)40-27-13-6-5-7-14-27/h5-21,31,36H,1-4H3/b32-30+. The highest BCUT2D eigenvalue weighted by Gasteiger charge is 2.47. The van der Waals surface area contributed by atoms with Crippen molar-refractivity contribution in [3.8, 4) is 17.2 Å². The van der Waals surface area contributed by atoms with Crippen LogP contribution < -0.4 is 14.4 Å². The van der Waals surface area contributed by atoms with Crippen LogP contribution in [0.4, 0.5) is 5.69 Å². The van der Waals surface area contributed by atoms with Crippen LogP contribution in [0.25, 0.3) is 5.76 Å². The second-order valence-electron chi connectivity index (χ2n) is 10.1. The zero-order valence-corrected chi connectivity index (χ0v) is 22.9. The lowest BCUT2D eigenvalue weighted by molar-refractivity contribution is -0.132. The first-order valence-corrected chi connectivity index (χ1v) is 13.2. The van der Waals surface area contributed by atoms with E-state index in [0.29, 0.717) is 34.1 Å². The molecule has 1 atom stereocenters. The fraction of sp³-hybridized carbons (Fsp3) is 0.176. The summed E-state index contributed by atoms with van der Waals surface area (Å²) in [6.45, 7) is 7.68. The van der Waals surface area contributed by atoms with Crippen LogP contribution >= 0.6 is 0 Å². The van der Waals surface area contributed by atoms with Gasteiger partial charge in [0.2, 0.25) is 0 Å². The number of anilines is 1. The molecule has 0 radical (unpaired) electrons. The molecular formula is C34H31NO5. The summed E-state index contributed by atoms with van der Waals surface area (Å²) in [7, 11) is 0. The predicted molar refractivity (Wildman–Crippen MR) is 156 cm³/mol. The van der Waals surface area contributed by atoms with E-state index >= 15 is 0 Å². The van der Waals surface area contributed by atoms with Crippen LogP contribution in [0.15, 0.2) is 103 Å². The number of nitrogens with zero attached hydrogens (tertiary/aromatic N) is 1. The first-order valence-electron chi connectivity index (χ1n) is 13.2. The van der Waals surface area contributed by atoms with Gasteiger partial charge in [0, 0.05) is 11.3 Å². The molecule has 4 aromatic rings. The number of hydrogen-bond acceptors (Lipinski definition) is 5. The van der Waals surface area contributed by atoms with Gasteiger partial charge >= 0.3 is 0 Å². The number of aliphatic hydroxyl groups excluding tert-OH is 1. The van der Waals surface area contributed by atoms with Gasteiger partial charge in [0.25, 0.3) is 11.7 Å². The molecule has 1 aliphatic rings. The molecule has 40 heavy (non-hydrogen) atoms. The SMILES string of the molecule is Cc1cccc(N2C(=O)C(=O)/C(=C(/O)c3ccc(OC(C)C)c(C)c3)C2c2cccc(Oc3ccccc3)c2)c1. The third-order valence-corrected chi connectivity index (χ3v) is 6.69. The second-order valence-corrected chi connectivity index (χ2v) is 10.1. The molecule has 1 saturated heterocycles. The molecule has 1 unspecified atom stereocenters. The van der Waals surface area contributed by atoms with Gasteiger partial charge in [-0.25, -0.2) is 0 Å². The molecule has 0 aliphatic carbocycles. The molecule has 1 fully saturated rings. The van der Waals surface area contributed by atoms with E-state index in [9.17, 15) is 14.7 Å². The number of para-hydroxylation sites is 1. The zero-order chi connectivity index (χ0) is 28.4. The Morgan fingerprint density at radius 1 is 0.825 bits per heavy atom. The van der Waals surface area contributed by atoms with Crippen LogP contribution in [0.3, 0.4) is 0 Å². The molecule has 1 heterocycles. The van der Waals surface area contributed by atoms with Gasteiger partial charge in [-0.15, -0.1) is 0 Å². The van der Waals surface area contributed by atoms with E-state index in [1.54, 1.807) is 30.3 Å². The fourth-order valence-corrected chi connectivity index (χ4v) is 4.90. The molecular weight excluding hydrogens is 502 g/mol. The normalized spacial score (nSPS) is 16.4. The van der Waals surface area contributed by atoms with Crippen molar-refractivity contribution in [3.05, 3.63) is 125 Å². The molecule has 202 valence electrons. The number of aryl methyl sites for hydroxylation is 2. The summed E-state index contributed by atoms with van der Waals surface area (Å²) in [5.74, 6) is 0.193. The molecule has 6 heteroatoms. The van der Waals surface area contributed by atoms with Crippen LogP contribution in [-0.2, 0) is 9.59 Å². The first-order chi connectivity index (χ1) is 19.2. The zero-order valence-electron chi connectivity index (χ0n) is 22.9. The van der Waals surface area contributed by atoms with Crippen LogP contribution in [0.5, 0.6) is 17.2 Å². The van der Waals surface area contributed by atoms with Gasteiger partial charge < -0.3 is 14.6 Å². The minimum absolute atomic E-state index is 0.0109. The third-order valence-electron chi connectivity index (χ3n) is 6.69. The minimum atomic E-state index is -0.868. The smallest absolute Gasteiger partial charge is 0.300 e. The van der Waals surface area contributed by atoms with Crippen LogP contribution in [0, 0.1) is 13.8 Å². The van der Waals surface area contributed by atoms with Crippen molar-refractivity contribution in [1.29, 1.82) is 0 Å². The highest BCUT2D eigenvalue weighted by atomic mass is 16.5. The molecule has 6 nitrogen and oxygen atoms in total. The molecule has 0 saturated carbocycles. The average molecular weight is 534 g/mol. The quantitative estimate of drug-likeness (QED) is 0.151. The summed E-state index contributed by atoms with van der Waals surface area (Å²) < 4.78 is 11.9. The number of Topliss-reactive ketones (excluding diaryl/α,β-unsaturated/α-hetero) is 1. The van der Waals surface area contributed by atoms with Crippen molar-refractivity contribution in [2.45, 2.75) is 39.8 Å². The van der Waals surface area contributed by atoms with E-state index in [1.165, 1.54) is 4.90 Å².